The summed E-state index contributed by atoms with van der Waals surface area (Å²) >= 11 is 0. The van der Waals surface area contributed by atoms with Crippen molar-refractivity contribution in [3.63, 3.8) is 0 Å². The van der Waals surface area contributed by atoms with Gasteiger partial charge in [0.1, 0.15) is 0 Å². The number of aliphatic hydroxyl groups excluding tert-OH is 1. The fourth-order valence-corrected chi connectivity index (χ4v) is 1.55. The fraction of sp³-hybridized carbons (Fsp3) is 1.00. The monoisotopic (exact) mass is 189 g/mol. The van der Waals surface area contributed by atoms with Gasteiger partial charge in [0.2, 0.25) is 0 Å². The Morgan fingerprint density at radius 2 is 2.46 bits per heavy atom. The molecule has 1 aliphatic rings. The van der Waals surface area contributed by atoms with Crippen LogP contribution in [0.4, 0.5) is 0 Å². The molecule has 0 aromatic rings. The molecule has 1 N–H and O–H groups in total. The molecule has 0 aromatic heterocycles. The largest absolute Gasteiger partial charge is 0.389 e. The summed E-state index contributed by atoms with van der Waals surface area (Å²) in [5, 5.41) is 9.51. The predicted molar refractivity (Wildman–Crippen MR) is 49.7 cm³/mol. The summed E-state index contributed by atoms with van der Waals surface area (Å²) in [4.78, 5) is 2.23. The molecule has 1 heterocycles. The maximum atomic E-state index is 9.51. The molecule has 0 amide bonds. The molecule has 13 heavy (non-hydrogen) atoms. The van der Waals surface area contributed by atoms with Gasteiger partial charge >= 0.3 is 0 Å². The van der Waals surface area contributed by atoms with Crippen LogP contribution in [0.25, 0.3) is 0 Å². The first-order valence-corrected chi connectivity index (χ1v) is 4.73. The lowest BCUT2D eigenvalue weighted by Gasteiger charge is -2.34. The Morgan fingerprint density at radius 3 is 3.08 bits per heavy atom. The van der Waals surface area contributed by atoms with Gasteiger partial charge in [-0.15, -0.1) is 0 Å². The molecule has 0 aliphatic carbocycles. The molecule has 0 bridgehead atoms. The minimum Gasteiger partial charge on any atom is -0.389 e. The number of ether oxygens (including phenoxy) is 2. The van der Waals surface area contributed by atoms with E-state index in [1.165, 1.54) is 0 Å². The van der Waals surface area contributed by atoms with Gasteiger partial charge in [0.05, 0.1) is 25.9 Å². The maximum Gasteiger partial charge on any atom is 0.0900 e. The lowest BCUT2D eigenvalue weighted by molar-refractivity contribution is -0.0326. The number of aliphatic hydroxyl groups is 1. The second kappa shape index (κ2) is 5.54. The number of β-amino-alcohol motifs (C(OH)–C–C–N with tert-alkyl or cyclic N) is 1. The average molecular weight is 189 g/mol. The van der Waals surface area contributed by atoms with E-state index in [9.17, 15) is 5.11 Å². The quantitative estimate of drug-likeness (QED) is 0.660. The van der Waals surface area contributed by atoms with Gasteiger partial charge in [0, 0.05) is 26.2 Å². The highest BCUT2D eigenvalue weighted by Crippen LogP contribution is 2.06. The molecule has 4 nitrogen and oxygen atoms in total. The van der Waals surface area contributed by atoms with E-state index in [1.807, 2.05) is 0 Å². The Hall–Kier alpha value is -0.160. The molecule has 1 fully saturated rings. The number of rotatable bonds is 4. The Balaban J connectivity index is 2.25. The molecule has 0 radical (unpaired) electrons. The van der Waals surface area contributed by atoms with Crippen molar-refractivity contribution in [2.45, 2.75) is 19.1 Å². The third-order valence-electron chi connectivity index (χ3n) is 2.31. The van der Waals surface area contributed by atoms with Crippen LogP contribution in [0.1, 0.15) is 6.92 Å². The summed E-state index contributed by atoms with van der Waals surface area (Å²) in [5.41, 5.74) is 0. The summed E-state index contributed by atoms with van der Waals surface area (Å²) < 4.78 is 10.2. The van der Waals surface area contributed by atoms with Gasteiger partial charge in [-0.25, -0.2) is 0 Å². The highest BCUT2D eigenvalue weighted by Gasteiger charge is 2.20. The zero-order valence-corrected chi connectivity index (χ0v) is 8.40. The molecule has 1 rings (SSSR count). The van der Waals surface area contributed by atoms with E-state index in [2.05, 4.69) is 11.8 Å². The Kier molecular flexibility index (Phi) is 4.66. The smallest absolute Gasteiger partial charge is 0.0900 e. The van der Waals surface area contributed by atoms with E-state index in [-0.39, 0.29) is 6.10 Å². The Morgan fingerprint density at radius 1 is 1.69 bits per heavy atom. The Bertz CT molecular complexity index is 143. The SMILES string of the molecule is COCC(O)CN1CCOCC1C. The number of methoxy groups -OCH3 is 1. The fourth-order valence-electron chi connectivity index (χ4n) is 1.55. The van der Waals surface area contributed by atoms with E-state index < -0.39 is 0 Å². The topological polar surface area (TPSA) is 41.9 Å². The van der Waals surface area contributed by atoms with Gasteiger partial charge < -0.3 is 14.6 Å². The van der Waals surface area contributed by atoms with Crippen LogP contribution < -0.4 is 0 Å². The van der Waals surface area contributed by atoms with Crippen LogP contribution in [0, 0.1) is 0 Å². The van der Waals surface area contributed by atoms with Crippen molar-refractivity contribution in [3.05, 3.63) is 0 Å². The standard InChI is InChI=1S/C9H19NO3/c1-8-6-13-4-3-10(8)5-9(11)7-12-2/h8-9,11H,3-7H2,1-2H3. The van der Waals surface area contributed by atoms with Gasteiger partial charge in [0.25, 0.3) is 0 Å². The van der Waals surface area contributed by atoms with Crippen molar-refractivity contribution < 1.29 is 14.6 Å². The summed E-state index contributed by atoms with van der Waals surface area (Å²) in [6.45, 7) is 5.63. The number of nitrogens with zero attached hydrogens (tertiary/aromatic N) is 1. The highest BCUT2D eigenvalue weighted by molar-refractivity contribution is 4.73. The van der Waals surface area contributed by atoms with Gasteiger partial charge in [-0.1, -0.05) is 0 Å². The summed E-state index contributed by atoms with van der Waals surface area (Å²) in [5.74, 6) is 0. The lowest BCUT2D eigenvalue weighted by atomic mass is 10.2. The lowest BCUT2D eigenvalue weighted by Crippen LogP contribution is -2.47. The number of morpholine rings is 1. The van der Waals surface area contributed by atoms with E-state index in [4.69, 9.17) is 9.47 Å². The summed E-state index contributed by atoms with van der Waals surface area (Å²) in [6, 6.07) is 0.403. The molecular formula is C9H19NO3. The van der Waals surface area contributed by atoms with Crippen LogP contribution >= 0.6 is 0 Å². The van der Waals surface area contributed by atoms with Crippen LogP contribution in [0.5, 0.6) is 0 Å². The van der Waals surface area contributed by atoms with E-state index >= 15 is 0 Å². The third-order valence-corrected chi connectivity index (χ3v) is 2.31. The minimum absolute atomic E-state index is 0.384. The van der Waals surface area contributed by atoms with Crippen molar-refractivity contribution in [3.8, 4) is 0 Å². The summed E-state index contributed by atoms with van der Waals surface area (Å²) in [6.07, 6.45) is -0.384. The third kappa shape index (κ3) is 3.60. The molecule has 0 aromatic carbocycles. The molecule has 4 heteroatoms. The van der Waals surface area contributed by atoms with Crippen molar-refractivity contribution in [2.24, 2.45) is 0 Å². The molecular weight excluding hydrogens is 170 g/mol. The van der Waals surface area contributed by atoms with Crippen molar-refractivity contribution >= 4 is 0 Å². The van der Waals surface area contributed by atoms with Gasteiger partial charge in [-0.3, -0.25) is 4.90 Å². The van der Waals surface area contributed by atoms with Crippen LogP contribution in [-0.2, 0) is 9.47 Å². The molecule has 0 saturated carbocycles. The molecule has 2 unspecified atom stereocenters. The summed E-state index contributed by atoms with van der Waals surface area (Å²) in [7, 11) is 1.60. The first-order valence-electron chi connectivity index (χ1n) is 4.73. The number of hydrogen-bond donors (Lipinski definition) is 1. The van der Waals surface area contributed by atoms with Gasteiger partial charge in [-0.05, 0) is 6.92 Å². The average Bonchev–Trinajstić information content (AvgIpc) is 2.09. The van der Waals surface area contributed by atoms with E-state index in [0.717, 1.165) is 19.8 Å². The predicted octanol–water partition coefficient (Wildman–Crippen LogP) is -0.286. The zero-order valence-electron chi connectivity index (χ0n) is 8.40. The second-order valence-corrected chi connectivity index (χ2v) is 3.53. The van der Waals surface area contributed by atoms with Gasteiger partial charge in [-0.2, -0.15) is 0 Å². The molecule has 78 valence electrons. The highest BCUT2D eigenvalue weighted by atomic mass is 16.5. The van der Waals surface area contributed by atoms with Crippen molar-refractivity contribution in [1.29, 1.82) is 0 Å². The van der Waals surface area contributed by atoms with Gasteiger partial charge in [0.15, 0.2) is 0 Å². The van der Waals surface area contributed by atoms with Crippen molar-refractivity contribution in [2.75, 3.05) is 40.0 Å². The van der Waals surface area contributed by atoms with Crippen LogP contribution in [-0.4, -0.2) is 62.2 Å². The van der Waals surface area contributed by atoms with Crippen LogP contribution in [0.2, 0.25) is 0 Å². The first kappa shape index (κ1) is 10.9. The molecule has 2 atom stereocenters. The minimum atomic E-state index is -0.384. The second-order valence-electron chi connectivity index (χ2n) is 3.53. The first-order chi connectivity index (χ1) is 6.24. The van der Waals surface area contributed by atoms with Crippen molar-refractivity contribution in [1.82, 2.24) is 4.90 Å². The Labute approximate surface area is 79.4 Å². The van der Waals surface area contributed by atoms with Crippen LogP contribution in [0.15, 0.2) is 0 Å². The van der Waals surface area contributed by atoms with Crippen LogP contribution in [0.3, 0.4) is 0 Å². The normalized spacial score (nSPS) is 27.5. The van der Waals surface area contributed by atoms with E-state index in [0.29, 0.717) is 19.2 Å². The maximum absolute atomic E-state index is 9.51. The zero-order chi connectivity index (χ0) is 9.68. The number of hydrogen-bond acceptors (Lipinski definition) is 4. The molecule has 1 aliphatic heterocycles. The molecule has 1 saturated heterocycles. The van der Waals surface area contributed by atoms with E-state index in [1.54, 1.807) is 7.11 Å². The molecule has 0 spiro atoms.